The molecule has 2 aliphatic carbocycles. The molecule has 3 rings (SSSR count). The third kappa shape index (κ3) is 3.09. The molecule has 0 radical (unpaired) electrons. The molecule has 0 bridgehead atoms. The predicted molar refractivity (Wildman–Crippen MR) is 86.3 cm³/mol. The van der Waals surface area contributed by atoms with Crippen LogP contribution in [0.1, 0.15) is 81.3 Å². The Hall–Kier alpha value is -0.820. The van der Waals surface area contributed by atoms with Crippen molar-refractivity contribution in [2.75, 3.05) is 6.54 Å². The van der Waals surface area contributed by atoms with Gasteiger partial charge in [-0.1, -0.05) is 44.0 Å². The van der Waals surface area contributed by atoms with E-state index in [4.69, 9.17) is 0 Å². The van der Waals surface area contributed by atoms with Gasteiger partial charge in [-0.2, -0.15) is 0 Å². The molecule has 0 amide bonds. The second-order valence-electron chi connectivity index (χ2n) is 6.77. The van der Waals surface area contributed by atoms with Crippen LogP contribution in [-0.2, 0) is 0 Å². The average Bonchev–Trinajstić information content (AvgIpc) is 2.44. The lowest BCUT2D eigenvalue weighted by Crippen LogP contribution is -2.34. The van der Waals surface area contributed by atoms with Gasteiger partial charge in [-0.3, -0.25) is 0 Å². The predicted octanol–water partition coefficient (Wildman–Crippen LogP) is 4.98. The minimum Gasteiger partial charge on any atom is -0.314 e. The van der Waals surface area contributed by atoms with Gasteiger partial charge < -0.3 is 5.32 Å². The normalized spacial score (nSPS) is 27.2. The summed E-state index contributed by atoms with van der Waals surface area (Å²) in [6, 6.07) is 10.1. The molecule has 0 heterocycles. The summed E-state index contributed by atoms with van der Waals surface area (Å²) in [6.45, 7) is 3.45. The highest BCUT2D eigenvalue weighted by atomic mass is 14.9. The molecule has 0 aromatic heterocycles. The Balaban J connectivity index is 1.71. The highest BCUT2D eigenvalue weighted by Gasteiger charge is 2.28. The van der Waals surface area contributed by atoms with Gasteiger partial charge in [0.1, 0.15) is 0 Å². The van der Waals surface area contributed by atoms with Gasteiger partial charge in [-0.25, -0.2) is 0 Å². The molecular weight excluding hydrogens is 242 g/mol. The summed E-state index contributed by atoms with van der Waals surface area (Å²) in [7, 11) is 0. The molecule has 20 heavy (non-hydrogen) atoms. The van der Waals surface area contributed by atoms with Crippen LogP contribution >= 0.6 is 0 Å². The molecule has 2 unspecified atom stereocenters. The third-order valence-electron chi connectivity index (χ3n) is 5.34. The molecule has 1 aromatic carbocycles. The first-order chi connectivity index (χ1) is 9.88. The van der Waals surface area contributed by atoms with E-state index in [1.54, 1.807) is 11.1 Å². The van der Waals surface area contributed by atoms with Crippen molar-refractivity contribution < 1.29 is 0 Å². The monoisotopic (exact) mass is 271 g/mol. The fraction of sp³-hybridized carbons (Fsp3) is 0.684. The summed E-state index contributed by atoms with van der Waals surface area (Å²) < 4.78 is 0. The quantitative estimate of drug-likeness (QED) is 0.796. The third-order valence-corrected chi connectivity index (χ3v) is 5.34. The van der Waals surface area contributed by atoms with Crippen molar-refractivity contribution in [2.45, 2.75) is 76.2 Å². The molecule has 0 aliphatic heterocycles. The van der Waals surface area contributed by atoms with E-state index >= 15 is 0 Å². The van der Waals surface area contributed by atoms with Crippen molar-refractivity contribution in [2.24, 2.45) is 0 Å². The van der Waals surface area contributed by atoms with Crippen LogP contribution in [0.3, 0.4) is 0 Å². The van der Waals surface area contributed by atoms with Gasteiger partial charge in [-0.15, -0.1) is 0 Å². The first-order valence-corrected chi connectivity index (χ1v) is 8.70. The van der Waals surface area contributed by atoms with Gasteiger partial charge in [-0.05, 0) is 68.0 Å². The Morgan fingerprint density at radius 1 is 0.950 bits per heavy atom. The Labute approximate surface area is 124 Å². The summed E-state index contributed by atoms with van der Waals surface area (Å²) in [5.41, 5.74) is 3.36. The summed E-state index contributed by atoms with van der Waals surface area (Å²) in [6.07, 6.45) is 11.0. The van der Waals surface area contributed by atoms with Crippen molar-refractivity contribution >= 4 is 0 Å². The largest absolute Gasteiger partial charge is 0.314 e. The van der Waals surface area contributed by atoms with E-state index in [0.717, 1.165) is 17.9 Å². The molecule has 2 atom stereocenters. The standard InChI is InChI=1S/C19H29N/c1-2-13-20-17-10-6-9-16(14-17)19-12-4-3-11-18(19)15-7-5-8-15/h3-4,11-12,15-17,20H,2,5-10,13-14H2,1H3. The van der Waals surface area contributed by atoms with E-state index in [2.05, 4.69) is 36.5 Å². The summed E-state index contributed by atoms with van der Waals surface area (Å²) in [4.78, 5) is 0. The topological polar surface area (TPSA) is 12.0 Å². The fourth-order valence-electron chi connectivity index (χ4n) is 3.98. The van der Waals surface area contributed by atoms with Crippen molar-refractivity contribution in [1.82, 2.24) is 5.32 Å². The molecule has 110 valence electrons. The highest BCUT2D eigenvalue weighted by Crippen LogP contribution is 2.43. The van der Waals surface area contributed by atoms with Gasteiger partial charge in [0.15, 0.2) is 0 Å². The minimum absolute atomic E-state index is 0.753. The Bertz CT molecular complexity index is 422. The second-order valence-corrected chi connectivity index (χ2v) is 6.77. The Morgan fingerprint density at radius 2 is 1.60 bits per heavy atom. The maximum absolute atomic E-state index is 3.75. The maximum atomic E-state index is 3.75. The number of nitrogens with one attached hydrogen (secondary N) is 1. The highest BCUT2D eigenvalue weighted by molar-refractivity contribution is 5.35. The summed E-state index contributed by atoms with van der Waals surface area (Å²) in [5.74, 6) is 1.67. The lowest BCUT2D eigenvalue weighted by molar-refractivity contribution is 0.335. The van der Waals surface area contributed by atoms with E-state index in [1.165, 1.54) is 57.9 Å². The molecule has 2 saturated carbocycles. The van der Waals surface area contributed by atoms with Gasteiger partial charge >= 0.3 is 0 Å². The number of benzene rings is 1. The van der Waals surface area contributed by atoms with Crippen LogP contribution in [0.15, 0.2) is 24.3 Å². The number of hydrogen-bond donors (Lipinski definition) is 1. The zero-order valence-electron chi connectivity index (χ0n) is 12.9. The molecule has 2 fully saturated rings. The Morgan fingerprint density at radius 3 is 2.25 bits per heavy atom. The lowest BCUT2D eigenvalue weighted by Gasteiger charge is -2.34. The first-order valence-electron chi connectivity index (χ1n) is 8.70. The van der Waals surface area contributed by atoms with Crippen LogP contribution in [0.4, 0.5) is 0 Å². The second kappa shape index (κ2) is 6.76. The van der Waals surface area contributed by atoms with E-state index in [0.29, 0.717) is 0 Å². The molecule has 1 heteroatoms. The van der Waals surface area contributed by atoms with Gasteiger partial charge in [0.2, 0.25) is 0 Å². The van der Waals surface area contributed by atoms with E-state index < -0.39 is 0 Å². The lowest BCUT2D eigenvalue weighted by atomic mass is 9.73. The van der Waals surface area contributed by atoms with Crippen LogP contribution < -0.4 is 5.32 Å². The van der Waals surface area contributed by atoms with Crippen molar-refractivity contribution in [3.05, 3.63) is 35.4 Å². The van der Waals surface area contributed by atoms with Gasteiger partial charge in [0.25, 0.3) is 0 Å². The van der Waals surface area contributed by atoms with Crippen molar-refractivity contribution in [3.63, 3.8) is 0 Å². The molecular formula is C19H29N. The van der Waals surface area contributed by atoms with Crippen molar-refractivity contribution in [3.8, 4) is 0 Å². The van der Waals surface area contributed by atoms with Crippen LogP contribution in [0, 0.1) is 0 Å². The molecule has 0 spiro atoms. The van der Waals surface area contributed by atoms with E-state index in [1.807, 2.05) is 0 Å². The van der Waals surface area contributed by atoms with Crippen LogP contribution in [-0.4, -0.2) is 12.6 Å². The van der Waals surface area contributed by atoms with Crippen LogP contribution in [0.5, 0.6) is 0 Å². The molecule has 1 aromatic rings. The van der Waals surface area contributed by atoms with Crippen LogP contribution in [0.25, 0.3) is 0 Å². The fourth-order valence-corrected chi connectivity index (χ4v) is 3.98. The number of rotatable bonds is 5. The van der Waals surface area contributed by atoms with Crippen molar-refractivity contribution in [1.29, 1.82) is 0 Å². The maximum Gasteiger partial charge on any atom is 0.00728 e. The van der Waals surface area contributed by atoms with E-state index in [-0.39, 0.29) is 0 Å². The minimum atomic E-state index is 0.753. The van der Waals surface area contributed by atoms with E-state index in [9.17, 15) is 0 Å². The zero-order chi connectivity index (χ0) is 13.8. The SMILES string of the molecule is CCCNC1CCCC(c2ccccc2C2CCC2)C1. The van der Waals surface area contributed by atoms with Gasteiger partial charge in [0.05, 0.1) is 0 Å². The summed E-state index contributed by atoms with van der Waals surface area (Å²) >= 11 is 0. The molecule has 1 N–H and O–H groups in total. The van der Waals surface area contributed by atoms with Gasteiger partial charge in [0, 0.05) is 6.04 Å². The first kappa shape index (κ1) is 14.1. The summed E-state index contributed by atoms with van der Waals surface area (Å²) in [5, 5.41) is 3.75. The smallest absolute Gasteiger partial charge is 0.00728 e. The Kier molecular flexibility index (Phi) is 4.77. The zero-order valence-corrected chi connectivity index (χ0v) is 12.9. The van der Waals surface area contributed by atoms with Crippen LogP contribution in [0.2, 0.25) is 0 Å². The molecule has 2 aliphatic rings. The number of hydrogen-bond acceptors (Lipinski definition) is 1. The average molecular weight is 271 g/mol. The molecule has 0 saturated heterocycles. The molecule has 1 nitrogen and oxygen atoms in total.